The molecule has 0 radical (unpaired) electrons. The highest BCUT2D eigenvalue weighted by Crippen LogP contribution is 2.26. The zero-order chi connectivity index (χ0) is 19.5. The minimum Gasteiger partial charge on any atom is -0.483 e. The van der Waals surface area contributed by atoms with Gasteiger partial charge in [0.25, 0.3) is 15.9 Å². The molecule has 0 aromatic heterocycles. The molecule has 2 aromatic rings. The lowest BCUT2D eigenvalue weighted by molar-refractivity contribution is -0.130. The summed E-state index contributed by atoms with van der Waals surface area (Å²) in [5, 5.41) is 0.443. The Bertz CT molecular complexity index is 927. The fourth-order valence-electron chi connectivity index (χ4n) is 2.13. The molecular formula is C18H21ClN2O4S. The van der Waals surface area contributed by atoms with Crippen molar-refractivity contribution in [2.45, 2.75) is 18.7 Å². The molecule has 0 atom stereocenters. The first-order valence-corrected chi connectivity index (χ1v) is 9.69. The third-order valence-corrected chi connectivity index (χ3v) is 5.35. The predicted octanol–water partition coefficient (Wildman–Crippen LogP) is 3.22. The van der Waals surface area contributed by atoms with Gasteiger partial charge in [0.15, 0.2) is 6.61 Å². The Morgan fingerprint density at radius 2 is 1.81 bits per heavy atom. The molecule has 0 unspecified atom stereocenters. The first-order chi connectivity index (χ1) is 12.1. The highest BCUT2D eigenvalue weighted by atomic mass is 35.5. The number of amides is 1. The maximum absolute atomic E-state index is 12.6. The van der Waals surface area contributed by atoms with Crippen LogP contribution in [0.4, 0.5) is 5.69 Å². The molecule has 0 aliphatic rings. The number of nitrogens with one attached hydrogen (secondary N) is 1. The standard InChI is InChI=1S/C18H21ClN2O4S/c1-12-5-6-14(19)10-16(12)20-26(23,24)15-7-8-17(13(2)9-15)25-11-18(22)21(3)4/h5-10,20H,11H2,1-4H3. The third-order valence-electron chi connectivity index (χ3n) is 3.75. The van der Waals surface area contributed by atoms with Crippen LogP contribution in [-0.2, 0) is 14.8 Å². The van der Waals surface area contributed by atoms with Gasteiger partial charge in [0.1, 0.15) is 5.75 Å². The normalized spacial score (nSPS) is 11.1. The highest BCUT2D eigenvalue weighted by Gasteiger charge is 2.17. The number of likely N-dealkylation sites (N-methyl/N-ethyl adjacent to an activating group) is 1. The van der Waals surface area contributed by atoms with Gasteiger partial charge >= 0.3 is 0 Å². The van der Waals surface area contributed by atoms with E-state index in [9.17, 15) is 13.2 Å². The molecule has 0 saturated carbocycles. The number of carbonyl (C=O) groups is 1. The van der Waals surface area contributed by atoms with Gasteiger partial charge in [-0.2, -0.15) is 0 Å². The van der Waals surface area contributed by atoms with Gasteiger partial charge in [-0.3, -0.25) is 9.52 Å². The molecule has 2 rings (SSSR count). The van der Waals surface area contributed by atoms with Crippen molar-refractivity contribution >= 4 is 33.2 Å². The van der Waals surface area contributed by atoms with Gasteiger partial charge in [0.05, 0.1) is 10.6 Å². The van der Waals surface area contributed by atoms with Crippen LogP contribution >= 0.6 is 11.6 Å². The summed E-state index contributed by atoms with van der Waals surface area (Å²) in [6, 6.07) is 9.47. The molecule has 1 N–H and O–H groups in total. The Morgan fingerprint density at radius 3 is 2.42 bits per heavy atom. The maximum atomic E-state index is 12.6. The Balaban J connectivity index is 2.21. The molecule has 0 aliphatic heterocycles. The van der Waals surface area contributed by atoms with Crippen molar-refractivity contribution in [2.75, 3.05) is 25.4 Å². The number of aryl methyl sites for hydroxylation is 2. The van der Waals surface area contributed by atoms with Crippen LogP contribution in [0.1, 0.15) is 11.1 Å². The number of benzene rings is 2. The summed E-state index contributed by atoms with van der Waals surface area (Å²) in [6.45, 7) is 3.40. The van der Waals surface area contributed by atoms with E-state index in [0.29, 0.717) is 22.0 Å². The maximum Gasteiger partial charge on any atom is 0.261 e. The lowest BCUT2D eigenvalue weighted by Gasteiger charge is -2.14. The van der Waals surface area contributed by atoms with Crippen molar-refractivity contribution in [3.05, 3.63) is 52.5 Å². The summed E-state index contributed by atoms with van der Waals surface area (Å²) in [4.78, 5) is 13.1. The average molecular weight is 397 g/mol. The van der Waals surface area contributed by atoms with E-state index in [1.807, 2.05) is 0 Å². The number of carbonyl (C=O) groups excluding carboxylic acids is 1. The van der Waals surface area contributed by atoms with Crippen LogP contribution in [0, 0.1) is 13.8 Å². The Labute approximate surface area is 158 Å². The van der Waals surface area contributed by atoms with Crippen molar-refractivity contribution in [1.82, 2.24) is 4.90 Å². The van der Waals surface area contributed by atoms with Gasteiger partial charge in [-0.05, 0) is 55.3 Å². The predicted molar refractivity (Wildman–Crippen MR) is 102 cm³/mol. The molecule has 6 nitrogen and oxygen atoms in total. The van der Waals surface area contributed by atoms with Crippen molar-refractivity contribution in [3.8, 4) is 5.75 Å². The largest absolute Gasteiger partial charge is 0.483 e. The third kappa shape index (κ3) is 4.89. The van der Waals surface area contributed by atoms with Gasteiger partial charge in [-0.25, -0.2) is 8.42 Å². The van der Waals surface area contributed by atoms with E-state index in [0.717, 1.165) is 5.56 Å². The monoisotopic (exact) mass is 396 g/mol. The van der Waals surface area contributed by atoms with Crippen LogP contribution in [0.2, 0.25) is 5.02 Å². The average Bonchev–Trinajstić information content (AvgIpc) is 2.56. The van der Waals surface area contributed by atoms with Crippen LogP contribution in [-0.4, -0.2) is 39.9 Å². The smallest absolute Gasteiger partial charge is 0.261 e. The van der Waals surface area contributed by atoms with Crippen molar-refractivity contribution < 1.29 is 17.9 Å². The number of hydrogen-bond donors (Lipinski definition) is 1. The van der Waals surface area contributed by atoms with E-state index in [1.165, 1.54) is 23.1 Å². The van der Waals surface area contributed by atoms with Crippen LogP contribution < -0.4 is 9.46 Å². The number of ether oxygens (including phenoxy) is 1. The van der Waals surface area contributed by atoms with E-state index < -0.39 is 10.0 Å². The molecule has 26 heavy (non-hydrogen) atoms. The van der Waals surface area contributed by atoms with Gasteiger partial charge in [0, 0.05) is 19.1 Å². The van der Waals surface area contributed by atoms with E-state index in [4.69, 9.17) is 16.3 Å². The van der Waals surface area contributed by atoms with Crippen LogP contribution in [0.15, 0.2) is 41.3 Å². The van der Waals surface area contributed by atoms with Crippen LogP contribution in [0.3, 0.4) is 0 Å². The zero-order valence-electron chi connectivity index (χ0n) is 15.0. The molecule has 1 amide bonds. The van der Waals surface area contributed by atoms with E-state index in [1.54, 1.807) is 46.1 Å². The zero-order valence-corrected chi connectivity index (χ0v) is 16.6. The molecule has 0 heterocycles. The fourth-order valence-corrected chi connectivity index (χ4v) is 3.51. The highest BCUT2D eigenvalue weighted by molar-refractivity contribution is 7.92. The topological polar surface area (TPSA) is 75.7 Å². The second-order valence-corrected chi connectivity index (χ2v) is 8.19. The first kappa shape index (κ1) is 20.1. The van der Waals surface area contributed by atoms with Gasteiger partial charge in [0.2, 0.25) is 0 Å². The van der Waals surface area contributed by atoms with Crippen LogP contribution in [0.25, 0.3) is 0 Å². The van der Waals surface area contributed by atoms with E-state index >= 15 is 0 Å². The van der Waals surface area contributed by atoms with Gasteiger partial charge < -0.3 is 9.64 Å². The quantitative estimate of drug-likeness (QED) is 0.813. The van der Waals surface area contributed by atoms with Crippen molar-refractivity contribution in [3.63, 3.8) is 0 Å². The molecular weight excluding hydrogens is 376 g/mol. The van der Waals surface area contributed by atoms with Crippen LogP contribution in [0.5, 0.6) is 5.75 Å². The Kier molecular flexibility index (Phi) is 6.15. The minimum atomic E-state index is -3.78. The number of halogens is 1. The second kappa shape index (κ2) is 7.97. The first-order valence-electron chi connectivity index (χ1n) is 7.83. The Hall–Kier alpha value is -2.25. The fraction of sp³-hybridized carbons (Fsp3) is 0.278. The Morgan fingerprint density at radius 1 is 1.12 bits per heavy atom. The molecule has 0 aliphatic carbocycles. The molecule has 8 heteroatoms. The van der Waals surface area contributed by atoms with Gasteiger partial charge in [-0.1, -0.05) is 17.7 Å². The summed E-state index contributed by atoms with van der Waals surface area (Å²) in [6.07, 6.45) is 0. The summed E-state index contributed by atoms with van der Waals surface area (Å²) < 4.78 is 33.3. The number of nitrogens with zero attached hydrogens (tertiary/aromatic N) is 1. The van der Waals surface area contributed by atoms with Crippen molar-refractivity contribution in [1.29, 1.82) is 0 Å². The number of sulfonamides is 1. The number of hydrogen-bond acceptors (Lipinski definition) is 4. The van der Waals surface area contributed by atoms with Crippen molar-refractivity contribution in [2.24, 2.45) is 0 Å². The number of rotatable bonds is 6. The lowest BCUT2D eigenvalue weighted by Crippen LogP contribution is -2.27. The molecule has 0 spiro atoms. The summed E-state index contributed by atoms with van der Waals surface area (Å²) in [7, 11) is -0.503. The van der Waals surface area contributed by atoms with E-state index in [-0.39, 0.29) is 17.4 Å². The summed E-state index contributed by atoms with van der Waals surface area (Å²) >= 11 is 5.94. The summed E-state index contributed by atoms with van der Waals surface area (Å²) in [5.41, 5.74) is 1.80. The molecule has 2 aromatic carbocycles. The number of anilines is 1. The van der Waals surface area contributed by atoms with Gasteiger partial charge in [-0.15, -0.1) is 0 Å². The molecule has 0 saturated heterocycles. The summed E-state index contributed by atoms with van der Waals surface area (Å²) in [5.74, 6) is 0.275. The molecule has 0 fully saturated rings. The second-order valence-electron chi connectivity index (χ2n) is 6.07. The van der Waals surface area contributed by atoms with E-state index in [2.05, 4.69) is 4.72 Å². The lowest BCUT2D eigenvalue weighted by atomic mass is 10.2. The molecule has 0 bridgehead atoms. The minimum absolute atomic E-state index is 0.0978. The SMILES string of the molecule is Cc1ccc(Cl)cc1NS(=O)(=O)c1ccc(OCC(=O)N(C)C)c(C)c1. The molecule has 140 valence electrons.